The van der Waals surface area contributed by atoms with Crippen molar-refractivity contribution in [2.75, 3.05) is 10.6 Å². The Labute approximate surface area is 184 Å². The van der Waals surface area contributed by atoms with E-state index >= 15 is 0 Å². The summed E-state index contributed by atoms with van der Waals surface area (Å²) in [6.07, 6.45) is 2.26. The van der Waals surface area contributed by atoms with Crippen LogP contribution in [0.3, 0.4) is 0 Å². The van der Waals surface area contributed by atoms with Crippen LogP contribution in [0.2, 0.25) is 0 Å². The van der Waals surface area contributed by atoms with Gasteiger partial charge in [0.05, 0.1) is 5.52 Å². The van der Waals surface area contributed by atoms with Crippen molar-refractivity contribution < 1.29 is 18.8 Å². The van der Waals surface area contributed by atoms with Crippen LogP contribution in [-0.4, -0.2) is 22.5 Å². The van der Waals surface area contributed by atoms with E-state index in [1.54, 1.807) is 60.8 Å². The maximum Gasteiger partial charge on any atom is 0.256 e. The molecule has 8 heteroatoms. The van der Waals surface area contributed by atoms with Gasteiger partial charge in [0.1, 0.15) is 17.3 Å². The molecule has 8 nitrogen and oxygen atoms in total. The molecule has 0 radical (unpaired) electrons. The van der Waals surface area contributed by atoms with E-state index in [0.29, 0.717) is 40.7 Å². The van der Waals surface area contributed by atoms with Gasteiger partial charge in [-0.25, -0.2) is 0 Å². The minimum absolute atomic E-state index is 0.198. The van der Waals surface area contributed by atoms with Gasteiger partial charge in [-0.05, 0) is 48.5 Å². The Morgan fingerprint density at radius 1 is 1.06 bits per heavy atom. The number of aromatic nitrogens is 2. The van der Waals surface area contributed by atoms with E-state index in [1.165, 1.54) is 0 Å². The molecule has 0 aliphatic carbocycles. The Bertz CT molecular complexity index is 1270. The average Bonchev–Trinajstić information content (AvgIpc) is 3.24. The molecule has 162 valence electrons. The molecule has 0 unspecified atom stereocenters. The van der Waals surface area contributed by atoms with Gasteiger partial charge in [0, 0.05) is 34.3 Å². The number of fused-ring (bicyclic) bond motifs is 1. The maximum absolute atomic E-state index is 12.5. The van der Waals surface area contributed by atoms with Gasteiger partial charge in [0.25, 0.3) is 5.91 Å². The van der Waals surface area contributed by atoms with Crippen LogP contribution in [0.4, 0.5) is 11.5 Å². The van der Waals surface area contributed by atoms with Crippen molar-refractivity contribution in [2.45, 2.75) is 26.2 Å². The van der Waals surface area contributed by atoms with Crippen LogP contribution in [0.5, 0.6) is 11.5 Å². The number of carbonyl (C=O) groups is 2. The highest BCUT2D eigenvalue weighted by Crippen LogP contribution is 2.31. The normalized spacial score (nSPS) is 11.2. The Kier molecular flexibility index (Phi) is 5.59. The average molecular weight is 430 g/mol. The van der Waals surface area contributed by atoms with Gasteiger partial charge in [-0.15, -0.1) is 0 Å². The molecule has 32 heavy (non-hydrogen) atoms. The lowest BCUT2D eigenvalue weighted by atomic mass is 9.93. The van der Waals surface area contributed by atoms with Gasteiger partial charge in [0.2, 0.25) is 6.41 Å². The maximum atomic E-state index is 12.5. The molecule has 2 N–H and O–H groups in total. The van der Waals surface area contributed by atoms with Crippen LogP contribution >= 0.6 is 0 Å². The van der Waals surface area contributed by atoms with Crippen LogP contribution in [0.25, 0.3) is 10.9 Å². The molecule has 0 bridgehead atoms. The first-order chi connectivity index (χ1) is 15.3. The number of pyridine rings is 1. The largest absolute Gasteiger partial charge is 0.457 e. The van der Waals surface area contributed by atoms with Crippen molar-refractivity contribution in [1.29, 1.82) is 0 Å². The van der Waals surface area contributed by atoms with Crippen LogP contribution < -0.4 is 15.4 Å². The third kappa shape index (κ3) is 4.59. The van der Waals surface area contributed by atoms with E-state index in [-0.39, 0.29) is 11.3 Å². The number of ether oxygens (including phenoxy) is 1. The molecule has 4 rings (SSSR count). The summed E-state index contributed by atoms with van der Waals surface area (Å²) < 4.78 is 11.3. The number of rotatable bonds is 6. The summed E-state index contributed by atoms with van der Waals surface area (Å²) in [7, 11) is 0. The van der Waals surface area contributed by atoms with E-state index < -0.39 is 0 Å². The fourth-order valence-electron chi connectivity index (χ4n) is 3.05. The number of anilines is 2. The molecule has 4 aromatic rings. The summed E-state index contributed by atoms with van der Waals surface area (Å²) in [4.78, 5) is 27.6. The molecular formula is C24H22N4O4. The van der Waals surface area contributed by atoms with Crippen molar-refractivity contribution in [3.05, 3.63) is 72.1 Å². The standard InChI is InChI=1S/C24H22N4O4/c1-24(2,3)21-13-22(28-32-21)27-23(30)15-4-7-17(8-5-15)31-20-10-11-25-19-9-6-16(26-14-29)12-18(19)20/h4-14H,1-3H3,(H,26,29)(H,27,28,30). The van der Waals surface area contributed by atoms with Crippen molar-refractivity contribution in [1.82, 2.24) is 10.1 Å². The molecule has 2 heterocycles. The highest BCUT2D eigenvalue weighted by molar-refractivity contribution is 6.03. The van der Waals surface area contributed by atoms with Gasteiger partial charge >= 0.3 is 0 Å². The van der Waals surface area contributed by atoms with Crippen molar-refractivity contribution in [3.8, 4) is 11.5 Å². The topological polar surface area (TPSA) is 106 Å². The lowest BCUT2D eigenvalue weighted by Crippen LogP contribution is -2.12. The van der Waals surface area contributed by atoms with Crippen LogP contribution in [-0.2, 0) is 10.2 Å². The number of nitrogens with zero attached hydrogens (tertiary/aromatic N) is 2. The third-order valence-corrected chi connectivity index (χ3v) is 4.76. The molecule has 2 aromatic heterocycles. The number of carbonyl (C=O) groups excluding carboxylic acids is 2. The molecule has 0 spiro atoms. The van der Waals surface area contributed by atoms with E-state index in [2.05, 4.69) is 20.8 Å². The number of benzene rings is 2. The summed E-state index contributed by atoms with van der Waals surface area (Å²) in [5.74, 6) is 1.89. The van der Waals surface area contributed by atoms with Gasteiger partial charge in [-0.1, -0.05) is 25.9 Å². The van der Waals surface area contributed by atoms with Crippen molar-refractivity contribution in [2.24, 2.45) is 0 Å². The minimum atomic E-state index is -0.302. The number of nitrogens with one attached hydrogen (secondary N) is 2. The zero-order valence-electron chi connectivity index (χ0n) is 17.9. The SMILES string of the molecule is CC(C)(C)c1cc(NC(=O)c2ccc(Oc3ccnc4ccc(NC=O)cc34)cc2)no1. The second-order valence-electron chi connectivity index (χ2n) is 8.21. The highest BCUT2D eigenvalue weighted by atomic mass is 16.5. The van der Waals surface area contributed by atoms with Gasteiger partial charge in [-0.3, -0.25) is 14.6 Å². The lowest BCUT2D eigenvalue weighted by Gasteiger charge is -2.12. The summed E-state index contributed by atoms with van der Waals surface area (Å²) in [6, 6.07) is 15.6. The smallest absolute Gasteiger partial charge is 0.256 e. The number of hydrogen-bond acceptors (Lipinski definition) is 6. The summed E-state index contributed by atoms with van der Waals surface area (Å²) in [6.45, 7) is 6.01. The predicted molar refractivity (Wildman–Crippen MR) is 121 cm³/mol. The number of hydrogen-bond donors (Lipinski definition) is 2. The zero-order chi connectivity index (χ0) is 22.7. The molecule has 2 aromatic carbocycles. The molecule has 0 saturated heterocycles. The van der Waals surface area contributed by atoms with Crippen molar-refractivity contribution in [3.63, 3.8) is 0 Å². The van der Waals surface area contributed by atoms with Crippen LogP contribution in [0, 0.1) is 0 Å². The quantitative estimate of drug-likeness (QED) is 0.411. The first kappa shape index (κ1) is 21.0. The molecular weight excluding hydrogens is 408 g/mol. The number of amides is 2. The molecule has 0 aliphatic heterocycles. The predicted octanol–water partition coefficient (Wildman–Crippen LogP) is 5.13. The molecule has 2 amide bonds. The first-order valence-corrected chi connectivity index (χ1v) is 9.99. The Morgan fingerprint density at radius 2 is 1.84 bits per heavy atom. The second kappa shape index (κ2) is 8.50. The molecule has 0 aliphatic rings. The van der Waals surface area contributed by atoms with E-state index in [4.69, 9.17) is 9.26 Å². The first-order valence-electron chi connectivity index (χ1n) is 9.99. The van der Waals surface area contributed by atoms with E-state index in [1.807, 2.05) is 20.8 Å². The van der Waals surface area contributed by atoms with E-state index in [9.17, 15) is 9.59 Å². The van der Waals surface area contributed by atoms with E-state index in [0.717, 1.165) is 10.9 Å². The van der Waals surface area contributed by atoms with Gasteiger partial charge in [0.15, 0.2) is 5.82 Å². The summed E-state index contributed by atoms with van der Waals surface area (Å²) >= 11 is 0. The second-order valence-corrected chi connectivity index (χ2v) is 8.21. The highest BCUT2D eigenvalue weighted by Gasteiger charge is 2.20. The van der Waals surface area contributed by atoms with Crippen LogP contribution in [0.1, 0.15) is 36.9 Å². The van der Waals surface area contributed by atoms with Crippen molar-refractivity contribution >= 4 is 34.7 Å². The monoisotopic (exact) mass is 430 g/mol. The third-order valence-electron chi connectivity index (χ3n) is 4.76. The minimum Gasteiger partial charge on any atom is -0.457 e. The Hall–Kier alpha value is -4.20. The Balaban J connectivity index is 1.49. The molecule has 0 fully saturated rings. The fraction of sp³-hybridized carbons (Fsp3) is 0.167. The zero-order valence-corrected chi connectivity index (χ0v) is 17.9. The van der Waals surface area contributed by atoms with Gasteiger partial charge < -0.3 is 19.9 Å². The lowest BCUT2D eigenvalue weighted by molar-refractivity contribution is -0.105. The van der Waals surface area contributed by atoms with Gasteiger partial charge in [-0.2, -0.15) is 0 Å². The summed E-state index contributed by atoms with van der Waals surface area (Å²) in [5, 5.41) is 10.0. The Morgan fingerprint density at radius 3 is 2.53 bits per heavy atom. The fourth-order valence-corrected chi connectivity index (χ4v) is 3.05. The molecule has 0 atom stereocenters. The summed E-state index contributed by atoms with van der Waals surface area (Å²) in [5.41, 5.74) is 1.63. The molecule has 0 saturated carbocycles. The van der Waals surface area contributed by atoms with Crippen LogP contribution in [0.15, 0.2) is 65.3 Å².